The van der Waals surface area contributed by atoms with Gasteiger partial charge >= 0.3 is 0 Å². The highest BCUT2D eigenvalue weighted by molar-refractivity contribution is 9.10. The second-order valence-electron chi connectivity index (χ2n) is 3.05. The zero-order valence-corrected chi connectivity index (χ0v) is 9.12. The number of aromatic nitrogens is 2. The van der Waals surface area contributed by atoms with Crippen LogP contribution in [0.3, 0.4) is 0 Å². The quantitative estimate of drug-likeness (QED) is 0.741. The number of morpholine rings is 1. The molecule has 1 fully saturated rings. The molecule has 1 aromatic rings. The van der Waals surface area contributed by atoms with Crippen LogP contribution < -0.4 is 4.90 Å². The Balaban J connectivity index is 2.14. The van der Waals surface area contributed by atoms with E-state index in [9.17, 15) is 0 Å². The van der Waals surface area contributed by atoms with Gasteiger partial charge in [0, 0.05) is 26.2 Å². The first-order valence-corrected chi connectivity index (χ1v) is 5.09. The maximum absolute atomic E-state index is 5.27. The first kappa shape index (κ1) is 9.02. The molecule has 72 valence electrons. The number of hydrogen-bond acceptors (Lipinski definition) is 3. The smallest absolute Gasteiger partial charge is 0.151 e. The van der Waals surface area contributed by atoms with Gasteiger partial charge in [0.15, 0.2) is 5.82 Å². The molecule has 13 heavy (non-hydrogen) atoms. The van der Waals surface area contributed by atoms with Crippen molar-refractivity contribution in [2.45, 2.75) is 0 Å². The second kappa shape index (κ2) is 3.67. The van der Waals surface area contributed by atoms with Crippen molar-refractivity contribution >= 4 is 21.7 Å². The van der Waals surface area contributed by atoms with Crippen molar-refractivity contribution in [3.63, 3.8) is 0 Å². The minimum Gasteiger partial charge on any atom is -0.378 e. The highest BCUT2D eigenvalue weighted by Crippen LogP contribution is 2.18. The number of aryl methyl sites for hydroxylation is 1. The summed E-state index contributed by atoms with van der Waals surface area (Å²) in [6.07, 6.45) is 0. The first-order chi connectivity index (χ1) is 6.27. The van der Waals surface area contributed by atoms with Crippen LogP contribution in [0.25, 0.3) is 0 Å². The molecule has 0 N–H and O–H groups in total. The molecule has 0 bridgehead atoms. The third-order valence-electron chi connectivity index (χ3n) is 2.14. The average Bonchev–Trinajstić information content (AvgIpc) is 2.49. The maximum Gasteiger partial charge on any atom is 0.151 e. The van der Waals surface area contributed by atoms with E-state index >= 15 is 0 Å². The Hall–Kier alpha value is -0.550. The van der Waals surface area contributed by atoms with Crippen molar-refractivity contribution in [3.8, 4) is 0 Å². The number of rotatable bonds is 1. The summed E-state index contributed by atoms with van der Waals surface area (Å²) in [5.41, 5.74) is 0. The van der Waals surface area contributed by atoms with Gasteiger partial charge in [0.2, 0.25) is 0 Å². The Bertz CT molecular complexity index is 274. The van der Waals surface area contributed by atoms with Crippen molar-refractivity contribution in [2.24, 2.45) is 7.05 Å². The standard InChI is InChI=1S/C8H12BrN3O/c1-11-7(9)6-8(10-11)12-2-4-13-5-3-12/h6H,2-5H2,1H3. The molecule has 0 aromatic carbocycles. The van der Waals surface area contributed by atoms with Crippen LogP contribution in [0.15, 0.2) is 10.7 Å². The average molecular weight is 246 g/mol. The third kappa shape index (κ3) is 1.86. The number of ether oxygens (including phenoxy) is 1. The van der Waals surface area contributed by atoms with Gasteiger partial charge in [-0.3, -0.25) is 4.68 Å². The van der Waals surface area contributed by atoms with Gasteiger partial charge in [-0.15, -0.1) is 0 Å². The van der Waals surface area contributed by atoms with E-state index in [0.29, 0.717) is 0 Å². The van der Waals surface area contributed by atoms with E-state index in [1.54, 1.807) is 0 Å². The number of nitrogens with zero attached hydrogens (tertiary/aromatic N) is 3. The molecule has 4 nitrogen and oxygen atoms in total. The summed E-state index contributed by atoms with van der Waals surface area (Å²) in [5.74, 6) is 1.03. The van der Waals surface area contributed by atoms with Crippen molar-refractivity contribution in [2.75, 3.05) is 31.2 Å². The van der Waals surface area contributed by atoms with E-state index in [2.05, 4.69) is 25.9 Å². The van der Waals surface area contributed by atoms with Crippen LogP contribution in [-0.2, 0) is 11.8 Å². The lowest BCUT2D eigenvalue weighted by molar-refractivity contribution is 0.122. The summed E-state index contributed by atoms with van der Waals surface area (Å²) in [6.45, 7) is 3.47. The molecule has 0 aliphatic carbocycles. The Morgan fingerprint density at radius 1 is 1.46 bits per heavy atom. The molecule has 5 heteroatoms. The van der Waals surface area contributed by atoms with Crippen LogP contribution in [0.1, 0.15) is 0 Å². The fraction of sp³-hybridized carbons (Fsp3) is 0.625. The zero-order valence-electron chi connectivity index (χ0n) is 7.53. The van der Waals surface area contributed by atoms with Crippen LogP contribution in [0.2, 0.25) is 0 Å². The Morgan fingerprint density at radius 3 is 2.69 bits per heavy atom. The molecular formula is C8H12BrN3O. The van der Waals surface area contributed by atoms with E-state index in [-0.39, 0.29) is 0 Å². The number of hydrogen-bond donors (Lipinski definition) is 0. The van der Waals surface area contributed by atoms with Crippen molar-refractivity contribution in [3.05, 3.63) is 10.7 Å². The van der Waals surface area contributed by atoms with Gasteiger partial charge < -0.3 is 9.64 Å². The normalized spacial score (nSPS) is 17.8. The molecule has 0 amide bonds. The molecule has 1 aliphatic rings. The molecule has 1 saturated heterocycles. The Morgan fingerprint density at radius 2 is 2.15 bits per heavy atom. The van der Waals surface area contributed by atoms with Crippen LogP contribution >= 0.6 is 15.9 Å². The molecule has 2 heterocycles. The summed E-state index contributed by atoms with van der Waals surface area (Å²) >= 11 is 3.43. The van der Waals surface area contributed by atoms with E-state index in [1.807, 2.05) is 17.8 Å². The molecule has 0 spiro atoms. The molecule has 1 aliphatic heterocycles. The highest BCUT2D eigenvalue weighted by Gasteiger charge is 2.14. The van der Waals surface area contributed by atoms with Crippen LogP contribution in [0.5, 0.6) is 0 Å². The lowest BCUT2D eigenvalue weighted by Crippen LogP contribution is -2.36. The minimum absolute atomic E-state index is 0.800. The van der Waals surface area contributed by atoms with Gasteiger partial charge in [-0.1, -0.05) is 0 Å². The molecule has 0 saturated carbocycles. The van der Waals surface area contributed by atoms with Gasteiger partial charge in [0.05, 0.1) is 13.2 Å². The van der Waals surface area contributed by atoms with Gasteiger partial charge in [-0.05, 0) is 15.9 Å². The third-order valence-corrected chi connectivity index (χ3v) is 2.89. The summed E-state index contributed by atoms with van der Waals surface area (Å²) in [7, 11) is 1.92. The van der Waals surface area contributed by atoms with Crippen LogP contribution in [-0.4, -0.2) is 36.1 Å². The topological polar surface area (TPSA) is 30.3 Å². The fourth-order valence-corrected chi connectivity index (χ4v) is 1.66. The van der Waals surface area contributed by atoms with Crippen LogP contribution in [0.4, 0.5) is 5.82 Å². The maximum atomic E-state index is 5.27. The van der Waals surface area contributed by atoms with Crippen LogP contribution in [0, 0.1) is 0 Å². The summed E-state index contributed by atoms with van der Waals surface area (Å²) in [4.78, 5) is 2.23. The zero-order chi connectivity index (χ0) is 9.26. The molecule has 2 rings (SSSR count). The van der Waals surface area contributed by atoms with E-state index < -0.39 is 0 Å². The van der Waals surface area contributed by atoms with Gasteiger partial charge in [0.25, 0.3) is 0 Å². The largest absolute Gasteiger partial charge is 0.378 e. The molecule has 1 aromatic heterocycles. The molecule has 0 radical (unpaired) electrons. The highest BCUT2D eigenvalue weighted by atomic mass is 79.9. The van der Waals surface area contributed by atoms with E-state index in [1.165, 1.54) is 0 Å². The lowest BCUT2D eigenvalue weighted by Gasteiger charge is -2.26. The molecule has 0 unspecified atom stereocenters. The van der Waals surface area contributed by atoms with Gasteiger partial charge in [-0.25, -0.2) is 0 Å². The second-order valence-corrected chi connectivity index (χ2v) is 3.86. The van der Waals surface area contributed by atoms with Gasteiger partial charge in [-0.2, -0.15) is 5.10 Å². The van der Waals surface area contributed by atoms with Crippen molar-refractivity contribution in [1.29, 1.82) is 0 Å². The molecule has 0 atom stereocenters. The predicted molar refractivity (Wildman–Crippen MR) is 53.9 cm³/mol. The summed E-state index contributed by atoms with van der Waals surface area (Å²) in [5, 5.41) is 4.37. The number of halogens is 1. The summed E-state index contributed by atoms with van der Waals surface area (Å²) < 4.78 is 8.10. The molecular weight excluding hydrogens is 234 g/mol. The lowest BCUT2D eigenvalue weighted by atomic mass is 10.4. The van der Waals surface area contributed by atoms with Crippen molar-refractivity contribution < 1.29 is 4.74 Å². The van der Waals surface area contributed by atoms with E-state index in [0.717, 1.165) is 36.7 Å². The Labute approximate surface area is 85.6 Å². The number of anilines is 1. The fourth-order valence-electron chi connectivity index (χ4n) is 1.38. The first-order valence-electron chi connectivity index (χ1n) is 4.29. The van der Waals surface area contributed by atoms with Gasteiger partial charge in [0.1, 0.15) is 4.60 Å². The SMILES string of the molecule is Cn1nc(N2CCOCC2)cc1Br. The van der Waals surface area contributed by atoms with E-state index in [4.69, 9.17) is 4.74 Å². The Kier molecular flexibility index (Phi) is 2.55. The predicted octanol–water partition coefficient (Wildman–Crippen LogP) is 1.02. The summed E-state index contributed by atoms with van der Waals surface area (Å²) in [6, 6.07) is 2.03. The van der Waals surface area contributed by atoms with Crippen molar-refractivity contribution in [1.82, 2.24) is 9.78 Å². The minimum atomic E-state index is 0.800. The monoisotopic (exact) mass is 245 g/mol.